The molecule has 0 radical (unpaired) electrons. The Hall–Kier alpha value is -1.36. The van der Waals surface area contributed by atoms with Crippen molar-refractivity contribution in [3.05, 3.63) is 52.1 Å². The molecule has 6 heteroatoms. The smallest absolute Gasteiger partial charge is 0.151 e. The van der Waals surface area contributed by atoms with E-state index in [1.807, 2.05) is 36.2 Å². The average Bonchev–Trinajstić information content (AvgIpc) is 2.38. The van der Waals surface area contributed by atoms with Gasteiger partial charge in [0.15, 0.2) is 5.82 Å². The number of nitrogens with two attached hydrogens (primary N) is 1. The fraction of sp³-hybridized carbons (Fsp3) is 0.0769. The van der Waals surface area contributed by atoms with Gasteiger partial charge in [0.05, 0.1) is 10.0 Å². The van der Waals surface area contributed by atoms with Crippen LogP contribution in [-0.2, 0) is 0 Å². The molecule has 0 amide bonds. The molecule has 0 aliphatic heterocycles. The zero-order valence-corrected chi connectivity index (χ0v) is 12.4. The van der Waals surface area contributed by atoms with Crippen molar-refractivity contribution in [2.75, 3.05) is 11.9 Å². The lowest BCUT2D eigenvalue weighted by Crippen LogP contribution is -2.14. The van der Waals surface area contributed by atoms with Gasteiger partial charge >= 0.3 is 0 Å². The van der Waals surface area contributed by atoms with Crippen LogP contribution in [0.1, 0.15) is 5.56 Å². The van der Waals surface area contributed by atoms with Crippen LogP contribution in [0.15, 0.2) is 36.5 Å². The summed E-state index contributed by atoms with van der Waals surface area (Å²) in [6, 6.07) is 9.20. The predicted octanol–water partition coefficient (Wildman–Crippen LogP) is 3.79. The molecule has 0 atom stereocenters. The summed E-state index contributed by atoms with van der Waals surface area (Å²) < 4.78 is 0. The highest BCUT2D eigenvalue weighted by atomic mass is 35.5. The maximum Gasteiger partial charge on any atom is 0.151 e. The minimum absolute atomic E-state index is 0.352. The Kier molecular flexibility index (Phi) is 4.24. The standard InChI is InChI=1S/C13H11Cl2N3S/c1-18(13-11(15)6-9(14)7-17-13)10-4-2-3-8(5-10)12(16)19/h2-7H,1H3,(H2,16,19). The second-order valence-electron chi connectivity index (χ2n) is 3.93. The summed E-state index contributed by atoms with van der Waals surface area (Å²) in [4.78, 5) is 6.43. The number of hydrogen-bond donors (Lipinski definition) is 1. The van der Waals surface area contributed by atoms with E-state index in [4.69, 9.17) is 41.2 Å². The second-order valence-corrected chi connectivity index (χ2v) is 5.22. The van der Waals surface area contributed by atoms with Gasteiger partial charge in [-0.05, 0) is 18.2 Å². The molecule has 0 aliphatic rings. The van der Waals surface area contributed by atoms with Gasteiger partial charge in [-0.1, -0.05) is 47.6 Å². The van der Waals surface area contributed by atoms with Crippen molar-refractivity contribution in [1.29, 1.82) is 0 Å². The van der Waals surface area contributed by atoms with Gasteiger partial charge in [-0.2, -0.15) is 0 Å². The van der Waals surface area contributed by atoms with Crippen molar-refractivity contribution in [3.8, 4) is 0 Å². The first kappa shape index (κ1) is 14.1. The number of pyridine rings is 1. The van der Waals surface area contributed by atoms with Crippen LogP contribution in [0, 0.1) is 0 Å². The predicted molar refractivity (Wildman–Crippen MR) is 84.6 cm³/mol. The summed E-state index contributed by atoms with van der Waals surface area (Å²) in [6.45, 7) is 0. The van der Waals surface area contributed by atoms with E-state index in [1.165, 1.54) is 0 Å². The average molecular weight is 312 g/mol. The largest absolute Gasteiger partial charge is 0.389 e. The Morgan fingerprint density at radius 1 is 1.32 bits per heavy atom. The van der Waals surface area contributed by atoms with Crippen LogP contribution in [0.4, 0.5) is 11.5 Å². The van der Waals surface area contributed by atoms with E-state index in [9.17, 15) is 0 Å². The number of rotatable bonds is 3. The molecule has 3 nitrogen and oxygen atoms in total. The molecule has 0 saturated carbocycles. The summed E-state index contributed by atoms with van der Waals surface area (Å²) in [6.07, 6.45) is 1.55. The van der Waals surface area contributed by atoms with Crippen molar-refractivity contribution < 1.29 is 0 Å². The molecule has 2 aromatic rings. The molecular weight excluding hydrogens is 301 g/mol. The highest BCUT2D eigenvalue weighted by molar-refractivity contribution is 7.80. The zero-order valence-electron chi connectivity index (χ0n) is 10.1. The third-order valence-electron chi connectivity index (χ3n) is 2.62. The first-order valence-corrected chi connectivity index (χ1v) is 6.60. The summed E-state index contributed by atoms with van der Waals surface area (Å²) in [7, 11) is 1.86. The SMILES string of the molecule is CN(c1cccc(C(N)=S)c1)c1ncc(Cl)cc1Cl. The molecule has 0 fully saturated rings. The molecule has 1 aromatic heterocycles. The maximum atomic E-state index is 6.14. The molecule has 19 heavy (non-hydrogen) atoms. The van der Waals surface area contributed by atoms with Crippen LogP contribution in [0.3, 0.4) is 0 Å². The fourth-order valence-electron chi connectivity index (χ4n) is 1.64. The van der Waals surface area contributed by atoms with Crippen molar-refractivity contribution in [2.24, 2.45) is 5.73 Å². The Balaban J connectivity index is 2.41. The van der Waals surface area contributed by atoms with Gasteiger partial charge in [0.2, 0.25) is 0 Å². The lowest BCUT2D eigenvalue weighted by molar-refractivity contribution is 1.13. The number of anilines is 2. The highest BCUT2D eigenvalue weighted by Gasteiger charge is 2.11. The molecule has 98 valence electrons. The van der Waals surface area contributed by atoms with Crippen LogP contribution >= 0.6 is 35.4 Å². The second kappa shape index (κ2) is 5.74. The topological polar surface area (TPSA) is 42.1 Å². The summed E-state index contributed by atoms with van der Waals surface area (Å²) in [5.41, 5.74) is 7.31. The van der Waals surface area contributed by atoms with Gasteiger partial charge in [-0.15, -0.1) is 0 Å². The zero-order chi connectivity index (χ0) is 14.0. The van der Waals surface area contributed by atoms with Gasteiger partial charge in [0, 0.05) is 24.5 Å². The van der Waals surface area contributed by atoms with Crippen molar-refractivity contribution in [1.82, 2.24) is 4.98 Å². The normalized spacial score (nSPS) is 10.3. The molecule has 0 bridgehead atoms. The first-order valence-electron chi connectivity index (χ1n) is 5.43. The first-order chi connectivity index (χ1) is 8.99. The number of nitrogens with zero attached hydrogens (tertiary/aromatic N) is 2. The maximum absolute atomic E-state index is 6.14. The van der Waals surface area contributed by atoms with E-state index in [1.54, 1.807) is 12.3 Å². The number of hydrogen-bond acceptors (Lipinski definition) is 3. The number of benzene rings is 1. The van der Waals surface area contributed by atoms with Crippen molar-refractivity contribution >= 4 is 51.9 Å². The molecule has 2 rings (SSSR count). The molecule has 0 spiro atoms. The van der Waals surface area contributed by atoms with Gasteiger partial charge in [-0.3, -0.25) is 0 Å². The minimum Gasteiger partial charge on any atom is -0.389 e. The molecule has 0 saturated heterocycles. The quantitative estimate of drug-likeness (QED) is 0.876. The molecule has 2 N–H and O–H groups in total. The molecule has 0 unspecified atom stereocenters. The van der Waals surface area contributed by atoms with Crippen LogP contribution < -0.4 is 10.6 Å². The van der Waals surface area contributed by atoms with Crippen molar-refractivity contribution in [3.63, 3.8) is 0 Å². The van der Waals surface area contributed by atoms with Crippen LogP contribution in [-0.4, -0.2) is 17.0 Å². The summed E-state index contributed by atoms with van der Waals surface area (Å²) in [5.74, 6) is 0.617. The molecular formula is C13H11Cl2N3S. The van der Waals surface area contributed by atoms with E-state index in [2.05, 4.69) is 4.98 Å². The number of thiocarbonyl (C=S) groups is 1. The summed E-state index contributed by atoms with van der Waals surface area (Å²) >= 11 is 16.9. The monoisotopic (exact) mass is 311 g/mol. The number of halogens is 2. The lowest BCUT2D eigenvalue weighted by atomic mass is 10.2. The van der Waals surface area contributed by atoms with Gasteiger partial charge in [0.25, 0.3) is 0 Å². The Labute approximate surface area is 127 Å². The number of aromatic nitrogens is 1. The summed E-state index contributed by atoms with van der Waals surface area (Å²) in [5, 5.41) is 0.981. The third kappa shape index (κ3) is 3.15. The Morgan fingerprint density at radius 3 is 2.68 bits per heavy atom. The molecule has 1 aromatic carbocycles. The van der Waals surface area contributed by atoms with E-state index in [0.29, 0.717) is 20.9 Å². The lowest BCUT2D eigenvalue weighted by Gasteiger charge is -2.20. The van der Waals surface area contributed by atoms with Gasteiger partial charge in [0.1, 0.15) is 4.99 Å². The highest BCUT2D eigenvalue weighted by Crippen LogP contribution is 2.30. The third-order valence-corrected chi connectivity index (χ3v) is 3.34. The molecule has 1 heterocycles. The van der Waals surface area contributed by atoms with E-state index < -0.39 is 0 Å². The van der Waals surface area contributed by atoms with E-state index >= 15 is 0 Å². The van der Waals surface area contributed by atoms with Crippen LogP contribution in [0.2, 0.25) is 10.0 Å². The van der Waals surface area contributed by atoms with E-state index in [-0.39, 0.29) is 0 Å². The van der Waals surface area contributed by atoms with E-state index in [0.717, 1.165) is 11.3 Å². The fourth-order valence-corrected chi connectivity index (χ4v) is 2.28. The van der Waals surface area contributed by atoms with Crippen molar-refractivity contribution in [2.45, 2.75) is 0 Å². The Bertz CT molecular complexity index is 631. The van der Waals surface area contributed by atoms with Crippen LogP contribution in [0.5, 0.6) is 0 Å². The minimum atomic E-state index is 0.352. The van der Waals surface area contributed by atoms with Gasteiger partial charge in [-0.25, -0.2) is 4.98 Å². The van der Waals surface area contributed by atoms with Crippen LogP contribution in [0.25, 0.3) is 0 Å². The Morgan fingerprint density at radius 2 is 2.05 bits per heavy atom. The molecule has 0 aliphatic carbocycles. The van der Waals surface area contributed by atoms with Gasteiger partial charge < -0.3 is 10.6 Å².